The third kappa shape index (κ3) is 5.03. The zero-order valence-corrected chi connectivity index (χ0v) is 28.7. The molecule has 0 amide bonds. The quantitative estimate of drug-likeness (QED) is 0.175. The zero-order chi connectivity index (χ0) is 34.4. The van der Waals surface area contributed by atoms with Crippen LogP contribution >= 0.6 is 0 Å². The molecule has 0 saturated carbocycles. The van der Waals surface area contributed by atoms with E-state index in [-0.39, 0.29) is 6.04 Å². The Hall–Kier alpha value is -6.64. The Labute approximate surface area is 304 Å². The van der Waals surface area contributed by atoms with Crippen molar-refractivity contribution in [1.82, 2.24) is 0 Å². The van der Waals surface area contributed by atoms with E-state index in [4.69, 9.17) is 0 Å². The minimum Gasteiger partial charge on any atom is -0.333 e. The van der Waals surface area contributed by atoms with Crippen LogP contribution in [-0.2, 0) is 0 Å². The van der Waals surface area contributed by atoms with E-state index >= 15 is 0 Å². The molecule has 2 nitrogen and oxygen atoms in total. The third-order valence-electron chi connectivity index (χ3n) is 10.8. The maximum Gasteiger partial charge on any atom is 0.0629 e. The Kier molecular flexibility index (Phi) is 7.32. The molecule has 2 heteroatoms. The number of anilines is 5. The summed E-state index contributed by atoms with van der Waals surface area (Å²) in [5, 5.41) is 4.93. The van der Waals surface area contributed by atoms with Gasteiger partial charge in [0, 0.05) is 33.9 Å². The molecule has 8 aromatic carbocycles. The number of hydrogen-bond donors (Lipinski definition) is 0. The summed E-state index contributed by atoms with van der Waals surface area (Å²) in [5.74, 6) is 0.325. The van der Waals surface area contributed by atoms with Gasteiger partial charge in [0.25, 0.3) is 0 Å². The van der Waals surface area contributed by atoms with Gasteiger partial charge in [-0.25, -0.2) is 0 Å². The molecule has 1 aliphatic carbocycles. The second-order valence-electron chi connectivity index (χ2n) is 13.7. The maximum atomic E-state index is 2.52. The summed E-state index contributed by atoms with van der Waals surface area (Å²) >= 11 is 0. The predicted molar refractivity (Wildman–Crippen MR) is 220 cm³/mol. The van der Waals surface area contributed by atoms with Crippen LogP contribution < -0.4 is 9.80 Å². The van der Waals surface area contributed by atoms with Crippen LogP contribution in [0.5, 0.6) is 0 Å². The van der Waals surface area contributed by atoms with Gasteiger partial charge in [0.2, 0.25) is 0 Å². The van der Waals surface area contributed by atoms with Crippen LogP contribution in [0.3, 0.4) is 0 Å². The highest BCUT2D eigenvalue weighted by molar-refractivity contribution is 6.08. The Morgan fingerprint density at radius 1 is 0.442 bits per heavy atom. The van der Waals surface area contributed by atoms with Gasteiger partial charge in [-0.2, -0.15) is 0 Å². The van der Waals surface area contributed by atoms with E-state index in [1.807, 2.05) is 0 Å². The van der Waals surface area contributed by atoms with Crippen LogP contribution in [0, 0.1) is 0 Å². The largest absolute Gasteiger partial charge is 0.333 e. The minimum atomic E-state index is 0.227. The number of rotatable bonds is 6. The fraction of sp³-hybridized carbons (Fsp3) is 0.0400. The summed E-state index contributed by atoms with van der Waals surface area (Å²) in [6, 6.07) is 66.7. The summed E-state index contributed by atoms with van der Waals surface area (Å²) in [7, 11) is 0. The molecule has 8 aromatic rings. The lowest BCUT2D eigenvalue weighted by Gasteiger charge is -2.32. The fourth-order valence-electron chi connectivity index (χ4n) is 8.40. The van der Waals surface area contributed by atoms with Crippen molar-refractivity contribution in [1.29, 1.82) is 0 Å². The van der Waals surface area contributed by atoms with E-state index in [2.05, 4.69) is 216 Å². The Morgan fingerprint density at radius 2 is 1.19 bits per heavy atom. The lowest BCUT2D eigenvalue weighted by Crippen LogP contribution is -2.28. The van der Waals surface area contributed by atoms with E-state index in [1.165, 1.54) is 60.7 Å². The average Bonchev–Trinajstić information content (AvgIpc) is 3.56. The highest BCUT2D eigenvalue weighted by Crippen LogP contribution is 2.50. The van der Waals surface area contributed by atoms with Crippen LogP contribution in [0.1, 0.15) is 11.5 Å². The molecule has 2 atom stereocenters. The van der Waals surface area contributed by atoms with Crippen molar-refractivity contribution in [3.8, 4) is 22.3 Å². The minimum absolute atomic E-state index is 0.227. The SMILES string of the molecule is C1=CC2c3ccccc3N(c3cccc(N(c4ccccc4-c4ccccc4)c4ccc(-c5ccc6ccccc6c5)c5ccccc45)c3)C2C=C1. The summed E-state index contributed by atoms with van der Waals surface area (Å²) in [6.45, 7) is 0. The molecule has 246 valence electrons. The van der Waals surface area contributed by atoms with Crippen molar-refractivity contribution in [2.45, 2.75) is 12.0 Å². The molecule has 0 N–H and O–H groups in total. The van der Waals surface area contributed by atoms with E-state index < -0.39 is 0 Å². The first-order chi connectivity index (χ1) is 25.8. The zero-order valence-electron chi connectivity index (χ0n) is 28.7. The number of hydrogen-bond acceptors (Lipinski definition) is 2. The third-order valence-corrected chi connectivity index (χ3v) is 10.8. The second-order valence-corrected chi connectivity index (χ2v) is 13.7. The fourth-order valence-corrected chi connectivity index (χ4v) is 8.40. The first-order valence-corrected chi connectivity index (χ1v) is 18.1. The molecule has 0 saturated heterocycles. The van der Waals surface area contributed by atoms with Crippen molar-refractivity contribution in [2.75, 3.05) is 9.80 Å². The van der Waals surface area contributed by atoms with Crippen LogP contribution in [0.2, 0.25) is 0 Å². The molecule has 1 heterocycles. The lowest BCUT2D eigenvalue weighted by molar-refractivity contribution is 0.745. The summed E-state index contributed by atoms with van der Waals surface area (Å²) in [4.78, 5) is 4.99. The molecule has 2 aliphatic rings. The molecule has 2 unspecified atom stereocenters. The van der Waals surface area contributed by atoms with Crippen molar-refractivity contribution in [3.63, 3.8) is 0 Å². The molecular weight excluding hydrogens is 629 g/mol. The monoisotopic (exact) mass is 664 g/mol. The summed E-state index contributed by atoms with van der Waals surface area (Å²) in [6.07, 6.45) is 9.07. The standard InChI is InChI=1S/C50H36N2/c1-2-16-36(17-3-1)42-21-8-11-26-47(42)51(39-19-14-20-40(34-39)52-48-27-12-9-24-45(48)46-25-10-13-28-49(46)52)50-32-31-41(43-22-6-7-23-44(43)50)38-30-29-35-15-4-5-18-37(35)33-38/h1-34,45,48H. The van der Waals surface area contributed by atoms with Gasteiger partial charge in [-0.15, -0.1) is 0 Å². The Morgan fingerprint density at radius 3 is 2.12 bits per heavy atom. The second kappa shape index (κ2) is 12.6. The van der Waals surface area contributed by atoms with Gasteiger partial charge < -0.3 is 9.80 Å². The average molecular weight is 665 g/mol. The summed E-state index contributed by atoms with van der Waals surface area (Å²) in [5.41, 5.74) is 12.0. The van der Waals surface area contributed by atoms with Gasteiger partial charge in [-0.1, -0.05) is 164 Å². The van der Waals surface area contributed by atoms with Gasteiger partial charge in [0.05, 0.1) is 17.4 Å². The topological polar surface area (TPSA) is 6.48 Å². The van der Waals surface area contributed by atoms with Crippen molar-refractivity contribution >= 4 is 50.0 Å². The molecule has 0 spiro atoms. The van der Waals surface area contributed by atoms with Crippen LogP contribution in [0.15, 0.2) is 206 Å². The molecule has 0 fully saturated rings. The van der Waals surface area contributed by atoms with Gasteiger partial charge in [0.1, 0.15) is 0 Å². The highest BCUT2D eigenvalue weighted by Gasteiger charge is 2.37. The number of fused-ring (bicyclic) bond motifs is 5. The van der Waals surface area contributed by atoms with Crippen molar-refractivity contribution in [3.05, 3.63) is 212 Å². The molecule has 0 bridgehead atoms. The smallest absolute Gasteiger partial charge is 0.0629 e. The molecule has 52 heavy (non-hydrogen) atoms. The van der Waals surface area contributed by atoms with Gasteiger partial charge in [-0.05, 0) is 80.9 Å². The molecule has 0 radical (unpaired) electrons. The molecule has 10 rings (SSSR count). The van der Waals surface area contributed by atoms with Crippen LogP contribution in [0.4, 0.5) is 28.4 Å². The molecule has 0 aromatic heterocycles. The first-order valence-electron chi connectivity index (χ1n) is 18.1. The Bertz CT molecular complexity index is 2670. The van der Waals surface area contributed by atoms with Gasteiger partial charge in [-0.3, -0.25) is 0 Å². The normalized spacial score (nSPS) is 15.9. The van der Waals surface area contributed by atoms with Crippen molar-refractivity contribution in [2.24, 2.45) is 0 Å². The summed E-state index contributed by atoms with van der Waals surface area (Å²) < 4.78 is 0. The number of allylic oxidation sites excluding steroid dienone is 2. The van der Waals surface area contributed by atoms with Crippen molar-refractivity contribution < 1.29 is 0 Å². The Balaban J connectivity index is 1.19. The number of nitrogens with zero attached hydrogens (tertiary/aromatic N) is 2. The predicted octanol–water partition coefficient (Wildman–Crippen LogP) is 13.5. The van der Waals surface area contributed by atoms with E-state index in [0.717, 1.165) is 17.1 Å². The number of benzene rings is 8. The highest BCUT2D eigenvalue weighted by atomic mass is 15.2. The first kappa shape index (κ1) is 30.2. The van der Waals surface area contributed by atoms with Gasteiger partial charge >= 0.3 is 0 Å². The van der Waals surface area contributed by atoms with Gasteiger partial charge in [0.15, 0.2) is 0 Å². The van der Waals surface area contributed by atoms with E-state index in [9.17, 15) is 0 Å². The van der Waals surface area contributed by atoms with Crippen LogP contribution in [-0.4, -0.2) is 6.04 Å². The van der Waals surface area contributed by atoms with E-state index in [0.29, 0.717) is 5.92 Å². The van der Waals surface area contributed by atoms with Crippen LogP contribution in [0.25, 0.3) is 43.8 Å². The molecular formula is C50H36N2. The maximum absolute atomic E-state index is 2.52. The van der Waals surface area contributed by atoms with E-state index in [1.54, 1.807) is 0 Å². The molecule has 1 aliphatic heterocycles. The number of para-hydroxylation sites is 2. The lowest BCUT2D eigenvalue weighted by atomic mass is 9.91.